The maximum absolute atomic E-state index is 12.5. The fourth-order valence-electron chi connectivity index (χ4n) is 2.01. The molecule has 7 nitrogen and oxygen atoms in total. The van der Waals surface area contributed by atoms with Crippen LogP contribution in [0.15, 0.2) is 46.1 Å². The second-order valence-corrected chi connectivity index (χ2v) is 6.26. The van der Waals surface area contributed by atoms with Crippen LogP contribution in [0.5, 0.6) is 0 Å². The summed E-state index contributed by atoms with van der Waals surface area (Å²) in [7, 11) is 0. The Hall–Kier alpha value is -2.96. The molecule has 0 radical (unpaired) electrons. The van der Waals surface area contributed by atoms with Crippen LogP contribution in [0.4, 0.5) is 4.79 Å². The van der Waals surface area contributed by atoms with Crippen LogP contribution in [0.3, 0.4) is 0 Å². The number of hydrogen-bond acceptors (Lipinski definition) is 5. The predicted octanol–water partition coefficient (Wildman–Crippen LogP) is 1.79. The van der Waals surface area contributed by atoms with Gasteiger partial charge in [-0.15, -0.1) is 0 Å². The summed E-state index contributed by atoms with van der Waals surface area (Å²) in [6.07, 6.45) is 0.123. The van der Waals surface area contributed by atoms with Crippen molar-refractivity contribution in [1.82, 2.24) is 9.13 Å². The summed E-state index contributed by atoms with van der Waals surface area (Å²) in [5.41, 5.74) is -2.42. The summed E-state index contributed by atoms with van der Waals surface area (Å²) >= 11 is 0. The zero-order valence-electron chi connectivity index (χ0n) is 13.9. The molecule has 1 heterocycles. The Morgan fingerprint density at radius 1 is 1.04 bits per heavy atom. The lowest BCUT2D eigenvalue weighted by Crippen LogP contribution is -2.47. The highest BCUT2D eigenvalue weighted by Gasteiger charge is 2.23. The van der Waals surface area contributed by atoms with Crippen LogP contribution in [0.1, 0.15) is 36.7 Å². The number of hydrogen-bond donors (Lipinski definition) is 0. The summed E-state index contributed by atoms with van der Waals surface area (Å²) in [4.78, 5) is 49.4. The van der Waals surface area contributed by atoms with Gasteiger partial charge in [-0.3, -0.25) is 9.59 Å². The van der Waals surface area contributed by atoms with Gasteiger partial charge in [-0.25, -0.2) is 14.2 Å². The van der Waals surface area contributed by atoms with E-state index < -0.39 is 28.9 Å². The molecule has 1 aromatic heterocycles. The lowest BCUT2D eigenvalue weighted by molar-refractivity contribution is 0.0525. The maximum atomic E-state index is 12.5. The Labute approximate surface area is 138 Å². The first kappa shape index (κ1) is 17.4. The highest BCUT2D eigenvalue weighted by molar-refractivity contribution is 5.95. The van der Waals surface area contributed by atoms with Gasteiger partial charge in [0.05, 0.1) is 0 Å². The number of nitrogens with zero attached hydrogens (tertiary/aromatic N) is 2. The molecule has 0 atom stereocenters. The molecular formula is C17H18N2O5. The quantitative estimate of drug-likeness (QED) is 0.795. The van der Waals surface area contributed by atoms with E-state index in [1.54, 1.807) is 39.0 Å². The molecule has 0 fully saturated rings. The molecule has 0 amide bonds. The number of carbonyl (C=O) groups is 2. The van der Waals surface area contributed by atoms with Crippen molar-refractivity contribution >= 4 is 12.0 Å². The SMILES string of the molecule is Cc1cn(C(=O)OC(C)(C)C)c(=O)n(C(=O)c2ccccc2)c1=O. The summed E-state index contributed by atoms with van der Waals surface area (Å²) in [6, 6.07) is 7.89. The summed E-state index contributed by atoms with van der Waals surface area (Å²) < 4.78 is 6.20. The summed E-state index contributed by atoms with van der Waals surface area (Å²) in [6.45, 7) is 6.35. The number of aromatic nitrogens is 2. The van der Waals surface area contributed by atoms with Gasteiger partial charge in [-0.05, 0) is 39.8 Å². The zero-order chi connectivity index (χ0) is 18.1. The predicted molar refractivity (Wildman–Crippen MR) is 87.5 cm³/mol. The fourth-order valence-corrected chi connectivity index (χ4v) is 2.01. The van der Waals surface area contributed by atoms with Gasteiger partial charge in [0.15, 0.2) is 0 Å². The van der Waals surface area contributed by atoms with E-state index in [-0.39, 0.29) is 11.1 Å². The second-order valence-electron chi connectivity index (χ2n) is 6.26. The minimum Gasteiger partial charge on any atom is -0.443 e. The smallest absolute Gasteiger partial charge is 0.422 e. The second kappa shape index (κ2) is 6.27. The van der Waals surface area contributed by atoms with Crippen LogP contribution < -0.4 is 11.2 Å². The molecule has 126 valence electrons. The van der Waals surface area contributed by atoms with Crippen LogP contribution >= 0.6 is 0 Å². The van der Waals surface area contributed by atoms with E-state index in [2.05, 4.69) is 0 Å². The average Bonchev–Trinajstić information content (AvgIpc) is 2.50. The van der Waals surface area contributed by atoms with E-state index >= 15 is 0 Å². The Kier molecular flexibility index (Phi) is 4.54. The van der Waals surface area contributed by atoms with Crippen molar-refractivity contribution in [2.45, 2.75) is 33.3 Å². The van der Waals surface area contributed by atoms with Crippen LogP contribution in [0.25, 0.3) is 0 Å². The maximum Gasteiger partial charge on any atom is 0.422 e. The molecule has 1 aromatic carbocycles. The van der Waals surface area contributed by atoms with Crippen molar-refractivity contribution in [1.29, 1.82) is 0 Å². The molecule has 0 unspecified atom stereocenters. The normalized spacial score (nSPS) is 11.2. The Bertz CT molecular complexity index is 901. The minimum absolute atomic E-state index is 0.0738. The molecule has 0 bridgehead atoms. The van der Waals surface area contributed by atoms with E-state index in [0.717, 1.165) is 6.20 Å². The van der Waals surface area contributed by atoms with Crippen LogP contribution in [-0.4, -0.2) is 26.7 Å². The third kappa shape index (κ3) is 3.51. The topological polar surface area (TPSA) is 87.4 Å². The Morgan fingerprint density at radius 2 is 1.62 bits per heavy atom. The van der Waals surface area contributed by atoms with Gasteiger partial charge >= 0.3 is 11.8 Å². The molecule has 7 heteroatoms. The van der Waals surface area contributed by atoms with Gasteiger partial charge in [0.25, 0.3) is 11.5 Å². The minimum atomic E-state index is -1.06. The van der Waals surface area contributed by atoms with Gasteiger partial charge in [0.2, 0.25) is 0 Å². The standard InChI is InChI=1S/C17H18N2O5/c1-11-10-18(16(23)24-17(2,3)4)15(22)19(13(11)20)14(21)12-8-6-5-7-9-12/h5-10H,1-4H3. The number of rotatable bonds is 1. The molecule has 2 aromatic rings. The molecule has 0 saturated heterocycles. The summed E-state index contributed by atoms with van der Waals surface area (Å²) in [5, 5.41) is 0. The molecule has 0 aliphatic rings. The molecule has 0 N–H and O–H groups in total. The van der Waals surface area contributed by atoms with Gasteiger partial charge in [-0.2, -0.15) is 4.57 Å². The van der Waals surface area contributed by atoms with Crippen molar-refractivity contribution in [2.24, 2.45) is 0 Å². The monoisotopic (exact) mass is 330 g/mol. The Balaban J connectivity index is 2.62. The molecule has 2 rings (SSSR count). The fraction of sp³-hybridized carbons (Fsp3) is 0.294. The van der Waals surface area contributed by atoms with E-state index in [1.807, 2.05) is 0 Å². The number of carbonyl (C=O) groups excluding carboxylic acids is 2. The molecule has 0 aliphatic carbocycles. The largest absolute Gasteiger partial charge is 0.443 e. The van der Waals surface area contributed by atoms with Crippen molar-refractivity contribution in [3.63, 3.8) is 0 Å². The van der Waals surface area contributed by atoms with Gasteiger partial charge in [0.1, 0.15) is 5.60 Å². The number of benzene rings is 1. The lowest BCUT2D eigenvalue weighted by atomic mass is 10.2. The van der Waals surface area contributed by atoms with Gasteiger partial charge < -0.3 is 4.74 Å². The first-order valence-electron chi connectivity index (χ1n) is 7.30. The molecular weight excluding hydrogens is 312 g/mol. The van der Waals surface area contributed by atoms with Crippen molar-refractivity contribution < 1.29 is 14.3 Å². The Morgan fingerprint density at radius 3 is 2.17 bits per heavy atom. The molecule has 0 saturated carbocycles. The summed E-state index contributed by atoms with van der Waals surface area (Å²) in [5.74, 6) is -0.799. The molecule has 0 aliphatic heterocycles. The van der Waals surface area contributed by atoms with Crippen LogP contribution in [0, 0.1) is 6.92 Å². The number of ether oxygens (including phenoxy) is 1. The highest BCUT2D eigenvalue weighted by atomic mass is 16.6. The van der Waals surface area contributed by atoms with E-state index in [4.69, 9.17) is 4.74 Å². The van der Waals surface area contributed by atoms with Crippen LogP contribution in [-0.2, 0) is 4.74 Å². The lowest BCUT2D eigenvalue weighted by Gasteiger charge is -2.20. The molecule has 24 heavy (non-hydrogen) atoms. The first-order valence-corrected chi connectivity index (χ1v) is 7.30. The van der Waals surface area contributed by atoms with Crippen LogP contribution in [0.2, 0.25) is 0 Å². The zero-order valence-corrected chi connectivity index (χ0v) is 13.9. The van der Waals surface area contributed by atoms with Crippen molar-refractivity contribution in [3.8, 4) is 0 Å². The van der Waals surface area contributed by atoms with Gasteiger partial charge in [0, 0.05) is 17.3 Å². The third-order valence-corrected chi connectivity index (χ3v) is 3.07. The van der Waals surface area contributed by atoms with Crippen molar-refractivity contribution in [3.05, 3.63) is 68.5 Å². The average molecular weight is 330 g/mol. The third-order valence-electron chi connectivity index (χ3n) is 3.07. The van der Waals surface area contributed by atoms with E-state index in [0.29, 0.717) is 9.13 Å². The first-order chi connectivity index (χ1) is 11.1. The van der Waals surface area contributed by atoms with E-state index in [1.165, 1.54) is 19.1 Å². The molecule has 0 spiro atoms. The number of aryl methyl sites for hydroxylation is 1. The highest BCUT2D eigenvalue weighted by Crippen LogP contribution is 2.08. The van der Waals surface area contributed by atoms with E-state index in [9.17, 15) is 19.2 Å². The van der Waals surface area contributed by atoms with Crippen molar-refractivity contribution in [2.75, 3.05) is 0 Å². The van der Waals surface area contributed by atoms with Gasteiger partial charge in [-0.1, -0.05) is 18.2 Å².